The number of nitrogens with one attached hydrogen (secondary N) is 1. The highest BCUT2D eigenvalue weighted by Gasteiger charge is 2.40. The summed E-state index contributed by atoms with van der Waals surface area (Å²) in [6.45, 7) is 1.03. The van der Waals surface area contributed by atoms with Crippen molar-refractivity contribution in [3.05, 3.63) is 10.4 Å². The number of carbonyl (C=O) groups is 1. The van der Waals surface area contributed by atoms with Crippen molar-refractivity contribution in [2.24, 2.45) is 10.8 Å². The molecule has 2 atom stereocenters. The number of amides is 1. The fourth-order valence-electron chi connectivity index (χ4n) is 2.42. The van der Waals surface area contributed by atoms with Crippen LogP contribution in [0.2, 0.25) is 0 Å². The number of rotatable bonds is 7. The molecule has 0 aliphatic heterocycles. The lowest BCUT2D eigenvalue weighted by Gasteiger charge is -2.38. The number of hydrogen-bond donors (Lipinski definition) is 2. The van der Waals surface area contributed by atoms with Gasteiger partial charge in [-0.25, -0.2) is 0 Å². The Bertz CT molecular complexity index is 329. The first-order chi connectivity index (χ1) is 8.64. The first-order valence-electron chi connectivity index (χ1n) is 6.23. The minimum atomic E-state index is -0.671. The number of nitrogens with two attached hydrogens (primary N) is 1. The maximum Gasteiger partial charge on any atom is 0.237 e. The van der Waals surface area contributed by atoms with Crippen molar-refractivity contribution in [1.82, 2.24) is 5.32 Å². The fraction of sp³-hybridized carbons (Fsp3) is 0.909. The number of ether oxygens (including phenoxy) is 1. The van der Waals surface area contributed by atoms with Gasteiger partial charge in [0.2, 0.25) is 5.91 Å². The number of hydrogen-bond acceptors (Lipinski definition) is 4. The normalized spacial score (nSPS) is 27.5. The summed E-state index contributed by atoms with van der Waals surface area (Å²) >= 11 is 0. The van der Waals surface area contributed by atoms with E-state index in [1.165, 1.54) is 0 Å². The third kappa shape index (κ3) is 3.87. The van der Waals surface area contributed by atoms with Crippen LogP contribution in [0.5, 0.6) is 0 Å². The molecule has 1 amide bonds. The van der Waals surface area contributed by atoms with Crippen LogP contribution in [0.25, 0.3) is 10.4 Å². The van der Waals surface area contributed by atoms with E-state index in [0.717, 1.165) is 19.3 Å². The van der Waals surface area contributed by atoms with Gasteiger partial charge in [0.15, 0.2) is 0 Å². The molecule has 0 spiro atoms. The zero-order valence-corrected chi connectivity index (χ0v) is 10.8. The Labute approximate surface area is 107 Å². The van der Waals surface area contributed by atoms with Gasteiger partial charge in [0.1, 0.15) is 5.54 Å². The van der Waals surface area contributed by atoms with Crippen LogP contribution in [-0.2, 0) is 9.53 Å². The number of carbonyl (C=O) groups excluding carboxylic acids is 1. The molecule has 0 aromatic rings. The zero-order valence-electron chi connectivity index (χ0n) is 10.8. The van der Waals surface area contributed by atoms with Crippen LogP contribution in [0.4, 0.5) is 0 Å². The van der Waals surface area contributed by atoms with Gasteiger partial charge in [0.05, 0.1) is 6.10 Å². The van der Waals surface area contributed by atoms with E-state index in [2.05, 4.69) is 15.3 Å². The van der Waals surface area contributed by atoms with Crippen LogP contribution >= 0.6 is 0 Å². The number of methoxy groups -OCH3 is 1. The third-order valence-corrected chi connectivity index (χ3v) is 3.47. The van der Waals surface area contributed by atoms with E-state index in [1.54, 1.807) is 7.11 Å². The molecule has 0 saturated heterocycles. The standard InChI is InChI=1S/C11H21N5O2/c1-18-9-4-2-5-11(8-9,10(12)17)14-6-3-7-15-16-13/h9,14H,2-8H2,1H3,(H2,12,17). The highest BCUT2D eigenvalue weighted by molar-refractivity contribution is 5.84. The molecule has 0 radical (unpaired) electrons. The summed E-state index contributed by atoms with van der Waals surface area (Å²) in [7, 11) is 1.66. The maximum absolute atomic E-state index is 11.7. The summed E-state index contributed by atoms with van der Waals surface area (Å²) in [6.07, 6.45) is 4.01. The van der Waals surface area contributed by atoms with Gasteiger partial charge in [-0.05, 0) is 37.8 Å². The molecule has 1 rings (SSSR count). The molecule has 0 heterocycles. The molecule has 0 bridgehead atoms. The lowest BCUT2D eigenvalue weighted by molar-refractivity contribution is -0.128. The highest BCUT2D eigenvalue weighted by Crippen LogP contribution is 2.29. The average Bonchev–Trinajstić information content (AvgIpc) is 2.38. The average molecular weight is 255 g/mol. The quantitative estimate of drug-likeness (QED) is 0.307. The smallest absolute Gasteiger partial charge is 0.237 e. The van der Waals surface area contributed by atoms with Gasteiger partial charge in [0, 0.05) is 25.0 Å². The van der Waals surface area contributed by atoms with Crippen molar-refractivity contribution in [3.8, 4) is 0 Å². The third-order valence-electron chi connectivity index (χ3n) is 3.47. The molecule has 102 valence electrons. The molecule has 1 aliphatic rings. The van der Waals surface area contributed by atoms with Crippen LogP contribution in [0.15, 0.2) is 5.11 Å². The SMILES string of the molecule is COC1CCCC(NCCCN=[N+]=[N-])(C(N)=O)C1. The summed E-state index contributed by atoms with van der Waals surface area (Å²) in [5.74, 6) is -0.326. The van der Waals surface area contributed by atoms with Crippen molar-refractivity contribution < 1.29 is 9.53 Å². The zero-order chi connectivity index (χ0) is 13.4. The number of primary amides is 1. The summed E-state index contributed by atoms with van der Waals surface area (Å²) in [5, 5.41) is 6.67. The van der Waals surface area contributed by atoms with Crippen molar-refractivity contribution in [2.45, 2.75) is 43.7 Å². The molecule has 7 nitrogen and oxygen atoms in total. The second-order valence-corrected chi connectivity index (χ2v) is 4.64. The van der Waals surface area contributed by atoms with Crippen molar-refractivity contribution >= 4 is 5.91 Å². The van der Waals surface area contributed by atoms with Gasteiger partial charge in [-0.3, -0.25) is 4.79 Å². The summed E-state index contributed by atoms with van der Waals surface area (Å²) < 4.78 is 5.33. The topological polar surface area (TPSA) is 113 Å². The molecule has 1 saturated carbocycles. The Kier molecular flexibility index (Phi) is 5.91. The van der Waals surface area contributed by atoms with Crippen LogP contribution < -0.4 is 11.1 Å². The monoisotopic (exact) mass is 255 g/mol. The van der Waals surface area contributed by atoms with E-state index in [9.17, 15) is 4.79 Å². The Morgan fingerprint density at radius 2 is 2.50 bits per heavy atom. The minimum Gasteiger partial charge on any atom is -0.381 e. The first-order valence-corrected chi connectivity index (χ1v) is 6.23. The lowest BCUT2D eigenvalue weighted by Crippen LogP contribution is -2.59. The van der Waals surface area contributed by atoms with Crippen LogP contribution in [0, 0.1) is 0 Å². The van der Waals surface area contributed by atoms with E-state index in [4.69, 9.17) is 16.0 Å². The van der Waals surface area contributed by atoms with Crippen LogP contribution in [-0.4, -0.2) is 37.7 Å². The molecular weight excluding hydrogens is 234 g/mol. The molecule has 7 heteroatoms. The molecule has 1 aliphatic carbocycles. The number of nitrogens with zero attached hydrogens (tertiary/aromatic N) is 3. The fourth-order valence-corrected chi connectivity index (χ4v) is 2.42. The molecule has 0 aromatic carbocycles. The van der Waals surface area contributed by atoms with Crippen LogP contribution in [0.3, 0.4) is 0 Å². The van der Waals surface area contributed by atoms with Crippen molar-refractivity contribution in [3.63, 3.8) is 0 Å². The Morgan fingerprint density at radius 1 is 1.72 bits per heavy atom. The van der Waals surface area contributed by atoms with E-state index < -0.39 is 5.54 Å². The molecule has 0 aromatic heterocycles. The largest absolute Gasteiger partial charge is 0.381 e. The maximum atomic E-state index is 11.7. The highest BCUT2D eigenvalue weighted by atomic mass is 16.5. The Hall–Kier alpha value is -1.30. The summed E-state index contributed by atoms with van der Waals surface area (Å²) in [5.41, 5.74) is 13.0. The minimum absolute atomic E-state index is 0.0795. The van der Waals surface area contributed by atoms with Crippen molar-refractivity contribution in [2.75, 3.05) is 20.2 Å². The summed E-state index contributed by atoms with van der Waals surface area (Å²) in [6, 6.07) is 0. The van der Waals surface area contributed by atoms with E-state index >= 15 is 0 Å². The van der Waals surface area contributed by atoms with E-state index in [0.29, 0.717) is 25.9 Å². The molecule has 18 heavy (non-hydrogen) atoms. The molecule has 2 unspecified atom stereocenters. The van der Waals surface area contributed by atoms with Gasteiger partial charge >= 0.3 is 0 Å². The summed E-state index contributed by atoms with van der Waals surface area (Å²) in [4.78, 5) is 14.4. The van der Waals surface area contributed by atoms with E-state index in [-0.39, 0.29) is 12.0 Å². The second-order valence-electron chi connectivity index (χ2n) is 4.64. The van der Waals surface area contributed by atoms with Gasteiger partial charge in [-0.2, -0.15) is 0 Å². The predicted octanol–water partition coefficient (Wildman–Crippen LogP) is 1.09. The van der Waals surface area contributed by atoms with E-state index in [1.807, 2.05) is 0 Å². The number of azide groups is 1. The van der Waals surface area contributed by atoms with Gasteiger partial charge in [-0.1, -0.05) is 5.11 Å². The Morgan fingerprint density at radius 3 is 3.11 bits per heavy atom. The second kappa shape index (κ2) is 7.20. The molecular formula is C11H21N5O2. The first kappa shape index (κ1) is 14.8. The predicted molar refractivity (Wildman–Crippen MR) is 67.8 cm³/mol. The molecule has 1 fully saturated rings. The lowest BCUT2D eigenvalue weighted by atomic mass is 9.79. The van der Waals surface area contributed by atoms with Gasteiger partial charge in [-0.15, -0.1) is 0 Å². The van der Waals surface area contributed by atoms with Gasteiger partial charge < -0.3 is 15.8 Å². The van der Waals surface area contributed by atoms with Gasteiger partial charge in [0.25, 0.3) is 0 Å². The molecule has 3 N–H and O–H groups in total. The van der Waals surface area contributed by atoms with Crippen molar-refractivity contribution in [1.29, 1.82) is 0 Å². The Balaban J connectivity index is 2.52. The van der Waals surface area contributed by atoms with Crippen LogP contribution in [0.1, 0.15) is 32.1 Å².